The zero-order valence-electron chi connectivity index (χ0n) is 13.5. The van der Waals surface area contributed by atoms with Gasteiger partial charge in [-0.1, -0.05) is 18.3 Å². The van der Waals surface area contributed by atoms with Crippen molar-refractivity contribution in [2.75, 3.05) is 11.1 Å². The number of nitrogen functional groups attached to an aromatic ring is 1. The summed E-state index contributed by atoms with van der Waals surface area (Å²) < 4.78 is 0. The van der Waals surface area contributed by atoms with Crippen molar-refractivity contribution < 1.29 is 19.6 Å². The Kier molecular flexibility index (Phi) is 5.02. The average molecular weight is 364 g/mol. The van der Waals surface area contributed by atoms with Gasteiger partial charge in [-0.2, -0.15) is 0 Å². The fourth-order valence-electron chi connectivity index (χ4n) is 1.94. The zero-order chi connectivity index (χ0) is 18.8. The number of anilines is 2. The van der Waals surface area contributed by atoms with Crippen LogP contribution in [0.3, 0.4) is 0 Å². The number of ketones is 1. The number of thiazole rings is 1. The number of carbonyl (C=O) groups is 2. The number of non-ortho nitro benzene ring substituents is 1. The van der Waals surface area contributed by atoms with Gasteiger partial charge in [0.1, 0.15) is 16.2 Å². The Morgan fingerprint density at radius 3 is 2.48 bits per heavy atom. The Hall–Kier alpha value is -3.01. The van der Waals surface area contributed by atoms with Gasteiger partial charge in [-0.25, -0.2) is 9.78 Å². The molecule has 2 aromatic rings. The molecule has 0 aliphatic rings. The van der Waals surface area contributed by atoms with Gasteiger partial charge in [-0.05, 0) is 25.5 Å². The molecule has 10 heteroatoms. The fourth-order valence-corrected chi connectivity index (χ4v) is 2.92. The molecule has 132 valence electrons. The molecule has 0 bridgehead atoms. The second-order valence-corrected chi connectivity index (χ2v) is 6.48. The molecule has 25 heavy (non-hydrogen) atoms. The van der Waals surface area contributed by atoms with Gasteiger partial charge < -0.3 is 16.2 Å². The standard InChI is InChI=1S/C15H16N4O5S/c1-3-15(2,13(21)22)18-14-17-12(16)11(25-14)10(20)8-4-6-9(7-5-8)19(23)24/h4-7H,3,16H2,1-2H3,(H,17,18)(H,21,22)/t15-/m0/s1. The zero-order valence-corrected chi connectivity index (χ0v) is 14.3. The van der Waals surface area contributed by atoms with Gasteiger partial charge in [0, 0.05) is 17.7 Å². The number of nitro groups is 1. The molecule has 0 aliphatic heterocycles. The number of aromatic nitrogens is 1. The number of aliphatic carboxylic acids is 1. The second-order valence-electron chi connectivity index (χ2n) is 5.48. The van der Waals surface area contributed by atoms with E-state index in [-0.39, 0.29) is 27.1 Å². The molecule has 0 radical (unpaired) electrons. The molecule has 1 aromatic heterocycles. The first-order valence-electron chi connectivity index (χ1n) is 7.25. The number of hydrogen-bond donors (Lipinski definition) is 3. The van der Waals surface area contributed by atoms with Crippen molar-refractivity contribution in [3.8, 4) is 0 Å². The first kappa shape index (κ1) is 18.3. The molecule has 1 heterocycles. The predicted molar refractivity (Wildman–Crippen MR) is 93.0 cm³/mol. The summed E-state index contributed by atoms with van der Waals surface area (Å²) in [6.07, 6.45) is 0.299. The number of carbonyl (C=O) groups excluding carboxylic acids is 1. The van der Waals surface area contributed by atoms with Crippen molar-refractivity contribution in [3.63, 3.8) is 0 Å². The van der Waals surface area contributed by atoms with E-state index in [1.807, 2.05) is 0 Å². The van der Waals surface area contributed by atoms with Crippen LogP contribution in [0, 0.1) is 10.1 Å². The summed E-state index contributed by atoms with van der Waals surface area (Å²) in [5.74, 6) is -1.52. The summed E-state index contributed by atoms with van der Waals surface area (Å²) in [6.45, 7) is 3.21. The summed E-state index contributed by atoms with van der Waals surface area (Å²) in [5, 5.41) is 23.0. The van der Waals surface area contributed by atoms with Crippen molar-refractivity contribution >= 4 is 39.7 Å². The Labute approximate surface area is 146 Å². The van der Waals surface area contributed by atoms with E-state index in [1.54, 1.807) is 6.92 Å². The number of nitro benzene ring substituents is 1. The lowest BCUT2D eigenvalue weighted by atomic mass is 10.00. The van der Waals surface area contributed by atoms with Crippen LogP contribution in [0.5, 0.6) is 0 Å². The highest BCUT2D eigenvalue weighted by Crippen LogP contribution is 2.30. The Bertz CT molecular complexity index is 833. The monoisotopic (exact) mass is 364 g/mol. The molecule has 0 saturated carbocycles. The minimum absolute atomic E-state index is 0.0281. The summed E-state index contributed by atoms with van der Waals surface area (Å²) in [5.41, 5.74) is 4.64. The molecule has 0 saturated heterocycles. The number of hydrogen-bond acceptors (Lipinski definition) is 8. The van der Waals surface area contributed by atoms with Crippen LogP contribution in [0.1, 0.15) is 35.5 Å². The summed E-state index contributed by atoms with van der Waals surface area (Å²) in [4.78, 5) is 38.1. The maximum absolute atomic E-state index is 12.5. The fraction of sp³-hybridized carbons (Fsp3) is 0.267. The van der Waals surface area contributed by atoms with E-state index in [1.165, 1.54) is 31.2 Å². The lowest BCUT2D eigenvalue weighted by molar-refractivity contribution is -0.384. The molecule has 1 atom stereocenters. The Balaban J connectivity index is 2.28. The lowest BCUT2D eigenvalue weighted by Gasteiger charge is -2.23. The minimum Gasteiger partial charge on any atom is -0.480 e. The quantitative estimate of drug-likeness (QED) is 0.385. The van der Waals surface area contributed by atoms with E-state index in [2.05, 4.69) is 10.3 Å². The van der Waals surface area contributed by atoms with E-state index in [0.717, 1.165) is 11.3 Å². The van der Waals surface area contributed by atoms with E-state index < -0.39 is 22.2 Å². The van der Waals surface area contributed by atoms with Gasteiger partial charge in [-0.3, -0.25) is 14.9 Å². The van der Waals surface area contributed by atoms with Crippen LogP contribution < -0.4 is 11.1 Å². The highest BCUT2D eigenvalue weighted by Gasteiger charge is 2.32. The normalized spacial score (nSPS) is 13.0. The van der Waals surface area contributed by atoms with E-state index in [9.17, 15) is 24.8 Å². The smallest absolute Gasteiger partial charge is 0.329 e. The number of carboxylic acid groups (broad SMARTS) is 1. The number of benzene rings is 1. The third kappa shape index (κ3) is 3.74. The largest absolute Gasteiger partial charge is 0.480 e. The van der Waals surface area contributed by atoms with Crippen LogP contribution in [0.2, 0.25) is 0 Å². The predicted octanol–water partition coefficient (Wildman–Crippen LogP) is 2.53. The summed E-state index contributed by atoms with van der Waals surface area (Å²) in [6, 6.07) is 5.12. The lowest BCUT2D eigenvalue weighted by Crippen LogP contribution is -2.42. The molecule has 0 spiro atoms. The van der Waals surface area contributed by atoms with Gasteiger partial charge >= 0.3 is 5.97 Å². The second kappa shape index (κ2) is 6.85. The van der Waals surface area contributed by atoms with Crippen LogP contribution in [0.4, 0.5) is 16.6 Å². The van der Waals surface area contributed by atoms with E-state index in [4.69, 9.17) is 5.73 Å². The van der Waals surface area contributed by atoms with E-state index in [0.29, 0.717) is 6.42 Å². The number of nitrogens with one attached hydrogen (secondary N) is 1. The summed E-state index contributed by atoms with van der Waals surface area (Å²) in [7, 11) is 0. The highest BCUT2D eigenvalue weighted by molar-refractivity contribution is 7.18. The van der Waals surface area contributed by atoms with Crippen molar-refractivity contribution in [1.29, 1.82) is 0 Å². The number of nitrogens with two attached hydrogens (primary N) is 1. The molecule has 2 rings (SSSR count). The van der Waals surface area contributed by atoms with Crippen LogP contribution in [0.25, 0.3) is 0 Å². The molecule has 1 aromatic carbocycles. The van der Waals surface area contributed by atoms with Gasteiger partial charge in [0.15, 0.2) is 5.13 Å². The van der Waals surface area contributed by atoms with Crippen LogP contribution in [-0.4, -0.2) is 32.3 Å². The third-order valence-electron chi connectivity index (χ3n) is 3.76. The molecular weight excluding hydrogens is 348 g/mol. The molecule has 0 fully saturated rings. The molecule has 4 N–H and O–H groups in total. The van der Waals surface area contributed by atoms with Crippen molar-refractivity contribution in [1.82, 2.24) is 4.98 Å². The molecule has 9 nitrogen and oxygen atoms in total. The molecule has 0 unspecified atom stereocenters. The van der Waals surface area contributed by atoms with Gasteiger partial charge in [0.05, 0.1) is 4.92 Å². The van der Waals surface area contributed by atoms with Crippen molar-refractivity contribution in [2.24, 2.45) is 0 Å². The molecule has 0 amide bonds. The first-order valence-corrected chi connectivity index (χ1v) is 8.06. The Morgan fingerprint density at radius 2 is 2.00 bits per heavy atom. The van der Waals surface area contributed by atoms with Gasteiger partial charge in [-0.15, -0.1) is 0 Å². The van der Waals surface area contributed by atoms with Gasteiger partial charge in [0.25, 0.3) is 5.69 Å². The topological polar surface area (TPSA) is 148 Å². The number of nitrogens with zero attached hydrogens (tertiary/aromatic N) is 2. The van der Waals surface area contributed by atoms with Crippen LogP contribution >= 0.6 is 11.3 Å². The highest BCUT2D eigenvalue weighted by atomic mass is 32.1. The average Bonchev–Trinajstić information content (AvgIpc) is 2.94. The Morgan fingerprint density at radius 1 is 1.40 bits per heavy atom. The maximum Gasteiger partial charge on any atom is 0.329 e. The van der Waals surface area contributed by atoms with Crippen LogP contribution in [0.15, 0.2) is 24.3 Å². The van der Waals surface area contributed by atoms with Crippen LogP contribution in [-0.2, 0) is 4.79 Å². The summed E-state index contributed by atoms with van der Waals surface area (Å²) >= 11 is 0.939. The van der Waals surface area contributed by atoms with Crippen molar-refractivity contribution in [3.05, 3.63) is 44.8 Å². The van der Waals surface area contributed by atoms with E-state index >= 15 is 0 Å². The minimum atomic E-state index is -1.24. The molecular formula is C15H16N4O5S. The molecule has 0 aliphatic carbocycles. The van der Waals surface area contributed by atoms with Gasteiger partial charge in [0.2, 0.25) is 5.78 Å². The number of carboxylic acids is 1. The maximum atomic E-state index is 12.5. The number of rotatable bonds is 7. The first-order chi connectivity index (χ1) is 11.7. The van der Waals surface area contributed by atoms with Crippen molar-refractivity contribution in [2.45, 2.75) is 25.8 Å². The SMILES string of the molecule is CC[C@](C)(Nc1nc(N)c(C(=O)c2ccc([N+](=O)[O-])cc2)s1)C(=O)O. The third-order valence-corrected chi connectivity index (χ3v) is 4.75.